The molecule has 1 fully saturated rings. The molecule has 6 heteroatoms. The van der Waals surface area contributed by atoms with E-state index in [4.69, 9.17) is 4.74 Å². The fourth-order valence-electron chi connectivity index (χ4n) is 3.13. The molecule has 3 heterocycles. The van der Waals surface area contributed by atoms with E-state index in [0.29, 0.717) is 12.2 Å². The Bertz CT molecular complexity index is 590. The third-order valence-electron chi connectivity index (χ3n) is 4.08. The fourth-order valence-corrected chi connectivity index (χ4v) is 3.13. The van der Waals surface area contributed by atoms with Gasteiger partial charge in [-0.3, -0.25) is 15.0 Å². The molecule has 2 atom stereocenters. The molecule has 0 aromatic carbocycles. The maximum atomic E-state index is 5.77. The zero-order valence-corrected chi connectivity index (χ0v) is 13.8. The van der Waals surface area contributed by atoms with Crippen molar-refractivity contribution in [2.75, 3.05) is 26.2 Å². The molecular formula is C17H25N5O. The molecule has 0 radical (unpaired) electrons. The van der Waals surface area contributed by atoms with Crippen molar-refractivity contribution in [3.05, 3.63) is 36.3 Å². The van der Waals surface area contributed by atoms with E-state index >= 15 is 0 Å². The predicted octanol–water partition coefficient (Wildman–Crippen LogP) is 1.67. The molecule has 124 valence electrons. The van der Waals surface area contributed by atoms with Gasteiger partial charge >= 0.3 is 0 Å². The van der Waals surface area contributed by atoms with Crippen molar-refractivity contribution < 1.29 is 4.74 Å². The largest absolute Gasteiger partial charge is 0.373 e. The van der Waals surface area contributed by atoms with Crippen LogP contribution >= 0.6 is 0 Å². The second-order valence-corrected chi connectivity index (χ2v) is 6.21. The summed E-state index contributed by atoms with van der Waals surface area (Å²) >= 11 is 0. The molecular weight excluding hydrogens is 290 g/mol. The van der Waals surface area contributed by atoms with Crippen LogP contribution in [0.25, 0.3) is 11.3 Å². The van der Waals surface area contributed by atoms with E-state index in [0.717, 1.165) is 44.0 Å². The molecule has 0 amide bonds. The number of ether oxygens (including phenoxy) is 1. The molecule has 0 spiro atoms. The number of nitrogens with zero attached hydrogens (tertiary/aromatic N) is 3. The number of aromatic amines is 1. The molecule has 0 aliphatic carbocycles. The Kier molecular flexibility index (Phi) is 5.38. The summed E-state index contributed by atoms with van der Waals surface area (Å²) in [5.41, 5.74) is 3.28. The van der Waals surface area contributed by atoms with Gasteiger partial charge in [0.25, 0.3) is 0 Å². The van der Waals surface area contributed by atoms with Crippen LogP contribution in [0.1, 0.15) is 19.4 Å². The van der Waals surface area contributed by atoms with Gasteiger partial charge in [0.05, 0.1) is 24.1 Å². The molecule has 0 unspecified atom stereocenters. The van der Waals surface area contributed by atoms with Gasteiger partial charge in [-0.2, -0.15) is 5.10 Å². The second kappa shape index (κ2) is 7.68. The topological polar surface area (TPSA) is 66.1 Å². The minimum absolute atomic E-state index is 0.324. The summed E-state index contributed by atoms with van der Waals surface area (Å²) in [5, 5.41) is 10.7. The van der Waals surface area contributed by atoms with Crippen LogP contribution in [0.5, 0.6) is 0 Å². The number of aromatic nitrogens is 3. The lowest BCUT2D eigenvalue weighted by Crippen LogP contribution is -2.47. The molecule has 3 rings (SSSR count). The Hall–Kier alpha value is -1.76. The molecule has 1 aliphatic heterocycles. The summed E-state index contributed by atoms with van der Waals surface area (Å²) in [6.07, 6.45) is 6.17. The molecule has 1 aliphatic rings. The molecule has 0 saturated carbocycles. The maximum Gasteiger partial charge on any atom is 0.0710 e. The summed E-state index contributed by atoms with van der Waals surface area (Å²) in [4.78, 5) is 6.63. The van der Waals surface area contributed by atoms with E-state index in [1.54, 1.807) is 6.20 Å². The molecule has 2 N–H and O–H groups in total. The first-order chi connectivity index (χ1) is 11.2. The van der Waals surface area contributed by atoms with Crippen molar-refractivity contribution in [1.82, 2.24) is 25.4 Å². The normalized spacial score (nSPS) is 22.3. The third kappa shape index (κ3) is 4.37. The molecule has 2 aromatic heterocycles. The van der Waals surface area contributed by atoms with Gasteiger partial charge in [-0.15, -0.1) is 0 Å². The Labute approximate surface area is 137 Å². The molecule has 23 heavy (non-hydrogen) atoms. The van der Waals surface area contributed by atoms with Gasteiger partial charge in [0, 0.05) is 56.2 Å². The van der Waals surface area contributed by atoms with E-state index in [1.807, 2.05) is 24.5 Å². The van der Waals surface area contributed by atoms with Crippen molar-refractivity contribution in [2.24, 2.45) is 0 Å². The Morgan fingerprint density at radius 3 is 2.87 bits per heavy atom. The van der Waals surface area contributed by atoms with E-state index < -0.39 is 0 Å². The summed E-state index contributed by atoms with van der Waals surface area (Å²) in [6, 6.07) is 3.98. The van der Waals surface area contributed by atoms with Crippen molar-refractivity contribution >= 4 is 0 Å². The van der Waals surface area contributed by atoms with Crippen LogP contribution in [0, 0.1) is 0 Å². The Morgan fingerprint density at radius 2 is 2.13 bits per heavy atom. The summed E-state index contributed by atoms with van der Waals surface area (Å²) in [7, 11) is 0. The standard InChI is InChI=1S/C17H25N5O/c1-13-11-22(12-14(2)23-13)7-6-19-9-16-10-20-21-17(16)15-4-3-5-18-8-15/h3-5,8,10,13-14,19H,6-7,9,11-12H2,1-2H3,(H,20,21)/t13-,14+. The highest BCUT2D eigenvalue weighted by molar-refractivity contribution is 5.61. The number of nitrogens with one attached hydrogen (secondary N) is 2. The Balaban J connectivity index is 1.47. The van der Waals surface area contributed by atoms with Crippen LogP contribution in [-0.4, -0.2) is 58.5 Å². The minimum Gasteiger partial charge on any atom is -0.373 e. The SMILES string of the molecule is C[C@@H]1CN(CCNCc2cn[nH]c2-c2cccnc2)C[C@H](C)O1. The lowest BCUT2D eigenvalue weighted by Gasteiger charge is -2.35. The van der Waals surface area contributed by atoms with Crippen LogP contribution in [0.3, 0.4) is 0 Å². The lowest BCUT2D eigenvalue weighted by molar-refractivity contribution is -0.0674. The van der Waals surface area contributed by atoms with Gasteiger partial charge in [0.1, 0.15) is 0 Å². The van der Waals surface area contributed by atoms with Crippen molar-refractivity contribution in [3.63, 3.8) is 0 Å². The van der Waals surface area contributed by atoms with Crippen LogP contribution in [0.4, 0.5) is 0 Å². The predicted molar refractivity (Wildman–Crippen MR) is 90.0 cm³/mol. The number of pyridine rings is 1. The van der Waals surface area contributed by atoms with Crippen LogP contribution < -0.4 is 5.32 Å². The van der Waals surface area contributed by atoms with Crippen molar-refractivity contribution in [3.8, 4) is 11.3 Å². The monoisotopic (exact) mass is 315 g/mol. The number of morpholine rings is 1. The lowest BCUT2D eigenvalue weighted by atomic mass is 10.1. The molecule has 2 aromatic rings. The highest BCUT2D eigenvalue weighted by Gasteiger charge is 2.21. The summed E-state index contributed by atoms with van der Waals surface area (Å²) < 4.78 is 5.77. The summed E-state index contributed by atoms with van der Waals surface area (Å²) in [5.74, 6) is 0. The Morgan fingerprint density at radius 1 is 1.30 bits per heavy atom. The van der Waals surface area contributed by atoms with Gasteiger partial charge < -0.3 is 10.1 Å². The molecule has 6 nitrogen and oxygen atoms in total. The zero-order chi connectivity index (χ0) is 16.1. The quantitative estimate of drug-likeness (QED) is 0.794. The van der Waals surface area contributed by atoms with Crippen molar-refractivity contribution in [2.45, 2.75) is 32.6 Å². The smallest absolute Gasteiger partial charge is 0.0710 e. The third-order valence-corrected chi connectivity index (χ3v) is 4.08. The molecule has 0 bridgehead atoms. The van der Waals surface area contributed by atoms with E-state index in [1.165, 1.54) is 5.56 Å². The second-order valence-electron chi connectivity index (χ2n) is 6.21. The van der Waals surface area contributed by atoms with Crippen LogP contribution in [0.15, 0.2) is 30.7 Å². The van der Waals surface area contributed by atoms with Crippen molar-refractivity contribution in [1.29, 1.82) is 0 Å². The van der Waals surface area contributed by atoms with Gasteiger partial charge in [0.2, 0.25) is 0 Å². The molecule has 1 saturated heterocycles. The highest BCUT2D eigenvalue weighted by atomic mass is 16.5. The van der Waals surface area contributed by atoms with Gasteiger partial charge in [-0.05, 0) is 26.0 Å². The van der Waals surface area contributed by atoms with Gasteiger partial charge in [-0.25, -0.2) is 0 Å². The summed E-state index contributed by atoms with van der Waals surface area (Å²) in [6.45, 7) is 9.10. The van der Waals surface area contributed by atoms with Crippen LogP contribution in [0.2, 0.25) is 0 Å². The first kappa shape index (κ1) is 16.1. The number of hydrogen-bond donors (Lipinski definition) is 2. The average Bonchev–Trinajstić information content (AvgIpc) is 3.00. The fraction of sp³-hybridized carbons (Fsp3) is 0.529. The average molecular weight is 315 g/mol. The first-order valence-electron chi connectivity index (χ1n) is 8.23. The van der Waals surface area contributed by atoms with Gasteiger partial charge in [0.15, 0.2) is 0 Å². The zero-order valence-electron chi connectivity index (χ0n) is 13.8. The number of hydrogen-bond acceptors (Lipinski definition) is 5. The maximum absolute atomic E-state index is 5.77. The minimum atomic E-state index is 0.324. The number of rotatable bonds is 6. The van der Waals surface area contributed by atoms with E-state index in [-0.39, 0.29) is 0 Å². The number of H-pyrrole nitrogens is 1. The van der Waals surface area contributed by atoms with E-state index in [9.17, 15) is 0 Å². The highest BCUT2D eigenvalue weighted by Crippen LogP contribution is 2.19. The van der Waals surface area contributed by atoms with Gasteiger partial charge in [-0.1, -0.05) is 0 Å². The first-order valence-corrected chi connectivity index (χ1v) is 8.23. The van der Waals surface area contributed by atoms with E-state index in [2.05, 4.69) is 39.2 Å². The van der Waals surface area contributed by atoms with Crippen LogP contribution in [-0.2, 0) is 11.3 Å².